The van der Waals surface area contributed by atoms with E-state index in [0.29, 0.717) is 23.2 Å². The van der Waals surface area contributed by atoms with Crippen LogP contribution >= 0.6 is 0 Å². The van der Waals surface area contributed by atoms with Gasteiger partial charge in [-0.3, -0.25) is 9.59 Å². The van der Waals surface area contributed by atoms with Gasteiger partial charge in [0.2, 0.25) is 0 Å². The summed E-state index contributed by atoms with van der Waals surface area (Å²) >= 11 is 0. The molecule has 1 heterocycles. The highest BCUT2D eigenvalue weighted by Crippen LogP contribution is 2.11. The van der Waals surface area contributed by atoms with E-state index in [4.69, 9.17) is 5.26 Å². The highest BCUT2D eigenvalue weighted by atomic mass is 19.1. The quantitative estimate of drug-likeness (QED) is 0.677. The molecule has 0 saturated carbocycles. The lowest BCUT2D eigenvalue weighted by molar-refractivity contribution is 0.0949. The van der Waals surface area contributed by atoms with Crippen molar-refractivity contribution in [2.45, 2.75) is 6.42 Å². The number of nitriles is 1. The molecule has 3 aromatic rings. The predicted molar refractivity (Wildman–Crippen MR) is 106 cm³/mol. The van der Waals surface area contributed by atoms with E-state index in [1.807, 2.05) is 6.07 Å². The lowest BCUT2D eigenvalue weighted by Gasteiger charge is -2.08. The average Bonchev–Trinajstić information content (AvgIpc) is 2.75. The van der Waals surface area contributed by atoms with Crippen LogP contribution in [0.2, 0.25) is 0 Å². The Kier molecular flexibility index (Phi) is 6.28. The van der Waals surface area contributed by atoms with E-state index in [2.05, 4.69) is 15.6 Å². The van der Waals surface area contributed by atoms with E-state index >= 15 is 0 Å². The molecule has 3 rings (SSSR count). The maximum atomic E-state index is 13.6. The van der Waals surface area contributed by atoms with Crippen LogP contribution in [0.15, 0.2) is 66.7 Å². The molecule has 1 aromatic heterocycles. The summed E-state index contributed by atoms with van der Waals surface area (Å²) in [4.78, 5) is 28.8. The molecule has 0 unspecified atom stereocenters. The number of amides is 2. The fourth-order valence-electron chi connectivity index (χ4n) is 2.61. The van der Waals surface area contributed by atoms with Crippen LogP contribution < -0.4 is 10.6 Å². The monoisotopic (exact) mass is 388 g/mol. The first-order chi connectivity index (χ1) is 14.1. The lowest BCUT2D eigenvalue weighted by Crippen LogP contribution is -2.27. The number of nitrogens with one attached hydrogen (secondary N) is 2. The summed E-state index contributed by atoms with van der Waals surface area (Å²) in [5.74, 6) is -1.24. The minimum absolute atomic E-state index is 0.0797. The smallest absolute Gasteiger partial charge is 0.274 e. The van der Waals surface area contributed by atoms with Gasteiger partial charge in [0.05, 0.1) is 11.6 Å². The fraction of sp³-hybridized carbons (Fsp3) is 0.0909. The maximum absolute atomic E-state index is 13.6. The number of anilines is 1. The van der Waals surface area contributed by atoms with Crippen LogP contribution in [0.5, 0.6) is 0 Å². The first-order valence-corrected chi connectivity index (χ1v) is 8.87. The SMILES string of the molecule is N#Cc1ccc(NC(=O)c2cccc(C(=O)NCCc3ccccc3F)n2)cc1. The van der Waals surface area contributed by atoms with Crippen molar-refractivity contribution in [3.05, 3.63) is 95.1 Å². The van der Waals surface area contributed by atoms with Crippen molar-refractivity contribution in [1.29, 1.82) is 5.26 Å². The van der Waals surface area contributed by atoms with Crippen LogP contribution in [0.1, 0.15) is 32.1 Å². The Hall–Kier alpha value is -4.05. The molecule has 0 aliphatic carbocycles. The van der Waals surface area contributed by atoms with Crippen LogP contribution in [0.4, 0.5) is 10.1 Å². The zero-order valence-electron chi connectivity index (χ0n) is 15.4. The van der Waals surface area contributed by atoms with Crippen molar-refractivity contribution in [3.8, 4) is 6.07 Å². The number of carbonyl (C=O) groups is 2. The number of rotatable bonds is 6. The molecular weight excluding hydrogens is 371 g/mol. The Bertz CT molecular complexity index is 1070. The van der Waals surface area contributed by atoms with E-state index in [1.54, 1.807) is 48.5 Å². The second-order valence-corrected chi connectivity index (χ2v) is 6.15. The van der Waals surface area contributed by atoms with Gasteiger partial charge in [-0.2, -0.15) is 5.26 Å². The first-order valence-electron chi connectivity index (χ1n) is 8.87. The van der Waals surface area contributed by atoms with E-state index in [0.717, 1.165) is 0 Å². The minimum Gasteiger partial charge on any atom is -0.350 e. The third-order valence-electron chi connectivity index (χ3n) is 4.12. The molecule has 2 aromatic carbocycles. The number of carbonyl (C=O) groups excluding carboxylic acids is 2. The third kappa shape index (κ3) is 5.23. The zero-order valence-corrected chi connectivity index (χ0v) is 15.4. The fourth-order valence-corrected chi connectivity index (χ4v) is 2.61. The maximum Gasteiger partial charge on any atom is 0.274 e. The van der Waals surface area contributed by atoms with Crippen molar-refractivity contribution in [2.75, 3.05) is 11.9 Å². The molecular formula is C22H17FN4O2. The molecule has 0 bridgehead atoms. The highest BCUT2D eigenvalue weighted by Gasteiger charge is 2.13. The summed E-state index contributed by atoms with van der Waals surface area (Å²) in [5, 5.41) is 14.1. The molecule has 0 fully saturated rings. The number of nitrogens with zero attached hydrogens (tertiary/aromatic N) is 2. The Morgan fingerprint density at radius 3 is 2.31 bits per heavy atom. The number of hydrogen-bond acceptors (Lipinski definition) is 4. The number of pyridine rings is 1. The van der Waals surface area contributed by atoms with Crippen LogP contribution in [0.3, 0.4) is 0 Å². The van der Waals surface area contributed by atoms with Crippen molar-refractivity contribution >= 4 is 17.5 Å². The van der Waals surface area contributed by atoms with Gasteiger partial charge in [-0.15, -0.1) is 0 Å². The Balaban J connectivity index is 1.60. The van der Waals surface area contributed by atoms with Crippen LogP contribution in [0, 0.1) is 17.1 Å². The van der Waals surface area contributed by atoms with E-state index in [9.17, 15) is 14.0 Å². The summed E-state index contributed by atoms with van der Waals surface area (Å²) in [5.41, 5.74) is 1.67. The molecule has 29 heavy (non-hydrogen) atoms. The number of hydrogen-bond donors (Lipinski definition) is 2. The largest absolute Gasteiger partial charge is 0.350 e. The second kappa shape index (κ2) is 9.24. The normalized spacial score (nSPS) is 10.1. The molecule has 0 saturated heterocycles. The predicted octanol–water partition coefficient (Wildman–Crippen LogP) is 3.32. The van der Waals surface area contributed by atoms with Crippen molar-refractivity contribution in [3.63, 3.8) is 0 Å². The summed E-state index contributed by atoms with van der Waals surface area (Å²) < 4.78 is 13.6. The number of benzene rings is 2. The van der Waals surface area contributed by atoms with Crippen molar-refractivity contribution in [1.82, 2.24) is 10.3 Å². The molecule has 6 nitrogen and oxygen atoms in total. The van der Waals surface area contributed by atoms with E-state index in [1.165, 1.54) is 18.2 Å². The standard InChI is InChI=1S/C22H17FN4O2/c23-18-5-2-1-4-16(18)12-13-25-21(28)19-6-3-7-20(27-19)22(29)26-17-10-8-15(14-24)9-11-17/h1-11H,12-13H2,(H,25,28)(H,26,29). The second-order valence-electron chi connectivity index (χ2n) is 6.15. The third-order valence-corrected chi connectivity index (χ3v) is 4.12. The zero-order chi connectivity index (χ0) is 20.6. The van der Waals surface area contributed by atoms with Crippen molar-refractivity contribution < 1.29 is 14.0 Å². The molecule has 144 valence electrons. The molecule has 2 amide bonds. The number of halogens is 1. The summed E-state index contributed by atoms with van der Waals surface area (Å²) in [6.45, 7) is 0.239. The van der Waals surface area contributed by atoms with E-state index in [-0.39, 0.29) is 23.7 Å². The summed E-state index contributed by atoms with van der Waals surface area (Å²) in [6, 6.07) is 19.3. The van der Waals surface area contributed by atoms with Crippen molar-refractivity contribution in [2.24, 2.45) is 0 Å². The molecule has 0 radical (unpaired) electrons. The summed E-state index contributed by atoms with van der Waals surface area (Å²) in [7, 11) is 0. The number of aromatic nitrogens is 1. The van der Waals surface area contributed by atoms with E-state index < -0.39 is 11.8 Å². The molecule has 7 heteroatoms. The van der Waals surface area contributed by atoms with Gasteiger partial charge in [-0.1, -0.05) is 24.3 Å². The molecule has 0 aliphatic heterocycles. The Labute approximate surface area is 167 Å². The Morgan fingerprint density at radius 2 is 1.62 bits per heavy atom. The van der Waals surface area contributed by atoms with Crippen LogP contribution in [-0.4, -0.2) is 23.3 Å². The van der Waals surface area contributed by atoms with Gasteiger partial charge in [0.15, 0.2) is 0 Å². The average molecular weight is 388 g/mol. The van der Waals surface area contributed by atoms with Crippen LogP contribution in [-0.2, 0) is 6.42 Å². The molecule has 0 atom stereocenters. The van der Waals surface area contributed by atoms with Gasteiger partial charge >= 0.3 is 0 Å². The molecule has 0 aliphatic rings. The van der Waals surface area contributed by atoms with Crippen LogP contribution in [0.25, 0.3) is 0 Å². The highest BCUT2D eigenvalue weighted by molar-refractivity contribution is 6.03. The van der Waals surface area contributed by atoms with Gasteiger partial charge in [-0.05, 0) is 54.4 Å². The van der Waals surface area contributed by atoms with Gasteiger partial charge in [0, 0.05) is 12.2 Å². The van der Waals surface area contributed by atoms with Gasteiger partial charge in [0.25, 0.3) is 11.8 Å². The summed E-state index contributed by atoms with van der Waals surface area (Å²) in [6.07, 6.45) is 0.345. The van der Waals surface area contributed by atoms with Gasteiger partial charge in [-0.25, -0.2) is 9.37 Å². The lowest BCUT2D eigenvalue weighted by atomic mass is 10.1. The molecule has 2 N–H and O–H groups in total. The molecule has 0 spiro atoms. The Morgan fingerprint density at radius 1 is 0.931 bits per heavy atom. The first kappa shape index (κ1) is 19.7. The topological polar surface area (TPSA) is 94.9 Å². The van der Waals surface area contributed by atoms with Gasteiger partial charge in [0.1, 0.15) is 17.2 Å². The van der Waals surface area contributed by atoms with Gasteiger partial charge < -0.3 is 10.6 Å². The minimum atomic E-state index is -0.476.